The average molecular weight is 371 g/mol. The molecule has 116 valence electrons. The summed E-state index contributed by atoms with van der Waals surface area (Å²) >= 11 is 18.0. The number of anilines is 1. The zero-order valence-corrected chi connectivity index (χ0v) is 13.6. The lowest BCUT2D eigenvalue weighted by Crippen LogP contribution is -2.31. The van der Waals surface area contributed by atoms with Crippen LogP contribution in [0.5, 0.6) is 0 Å². The van der Waals surface area contributed by atoms with Crippen LogP contribution >= 0.6 is 34.8 Å². The average Bonchev–Trinajstić information content (AvgIpc) is 2.73. The number of hydrogen-bond acceptors (Lipinski definition) is 2. The fourth-order valence-electron chi connectivity index (χ4n) is 2.25. The third-order valence-electron chi connectivity index (χ3n) is 3.31. The van der Waals surface area contributed by atoms with Crippen LogP contribution in [0.1, 0.15) is 5.56 Å². The zero-order valence-electron chi connectivity index (χ0n) is 11.3. The maximum Gasteiger partial charge on any atom is 0.277 e. The number of carbonyl (C=O) groups excluding carboxylic acids is 2. The molecular weight excluding hydrogens is 364 g/mol. The van der Waals surface area contributed by atoms with E-state index < -0.39 is 17.6 Å². The maximum absolute atomic E-state index is 13.0. The third kappa shape index (κ3) is 2.74. The van der Waals surface area contributed by atoms with Gasteiger partial charge >= 0.3 is 0 Å². The second kappa shape index (κ2) is 5.96. The van der Waals surface area contributed by atoms with Crippen LogP contribution in [0.2, 0.25) is 10.0 Å². The first-order valence-corrected chi connectivity index (χ1v) is 7.53. The molecule has 2 amide bonds. The van der Waals surface area contributed by atoms with Gasteiger partial charge in [0.1, 0.15) is 10.8 Å². The number of benzene rings is 2. The van der Waals surface area contributed by atoms with E-state index in [-0.39, 0.29) is 21.3 Å². The summed E-state index contributed by atoms with van der Waals surface area (Å²) in [5, 5.41) is 0.245. The highest BCUT2D eigenvalue weighted by atomic mass is 35.5. The summed E-state index contributed by atoms with van der Waals surface area (Å²) in [6.45, 7) is 0. The third-order valence-corrected chi connectivity index (χ3v) is 4.21. The smallest absolute Gasteiger partial charge is 0.268 e. The van der Waals surface area contributed by atoms with Gasteiger partial charge in [-0.1, -0.05) is 46.9 Å². The minimum atomic E-state index is -0.708. The number of carbonyl (C=O) groups is 2. The Morgan fingerprint density at radius 3 is 2.17 bits per heavy atom. The molecule has 0 aliphatic carbocycles. The maximum atomic E-state index is 13.0. The minimum Gasteiger partial charge on any atom is -0.268 e. The van der Waals surface area contributed by atoms with Crippen LogP contribution < -0.4 is 4.90 Å². The van der Waals surface area contributed by atoms with E-state index in [1.807, 2.05) is 0 Å². The van der Waals surface area contributed by atoms with Gasteiger partial charge in [0.2, 0.25) is 0 Å². The largest absolute Gasteiger partial charge is 0.277 e. The Bertz CT molecular complexity index is 862. The Morgan fingerprint density at radius 2 is 1.52 bits per heavy atom. The topological polar surface area (TPSA) is 37.4 Å². The molecule has 0 bridgehead atoms. The van der Waals surface area contributed by atoms with Crippen molar-refractivity contribution in [1.29, 1.82) is 0 Å². The van der Waals surface area contributed by atoms with Crippen LogP contribution in [0.25, 0.3) is 5.57 Å². The molecule has 1 heterocycles. The molecule has 0 fully saturated rings. The summed E-state index contributed by atoms with van der Waals surface area (Å²) in [4.78, 5) is 25.9. The Hall–Kier alpha value is -1.88. The number of hydrogen-bond donors (Lipinski definition) is 0. The number of amides is 2. The Labute approximate surface area is 145 Å². The van der Waals surface area contributed by atoms with Crippen LogP contribution in [0.3, 0.4) is 0 Å². The lowest BCUT2D eigenvalue weighted by atomic mass is 10.1. The summed E-state index contributed by atoms with van der Waals surface area (Å²) in [5.41, 5.74) is 0.479. The monoisotopic (exact) mass is 369 g/mol. The van der Waals surface area contributed by atoms with E-state index in [4.69, 9.17) is 34.8 Å². The van der Waals surface area contributed by atoms with Crippen molar-refractivity contribution < 1.29 is 14.0 Å². The minimum absolute atomic E-state index is 0.00675. The molecule has 3 rings (SSSR count). The van der Waals surface area contributed by atoms with Crippen molar-refractivity contribution in [3.05, 3.63) is 68.9 Å². The summed E-state index contributed by atoms with van der Waals surface area (Å²) in [6, 6.07) is 9.52. The second-order valence-electron chi connectivity index (χ2n) is 4.74. The van der Waals surface area contributed by atoms with Crippen LogP contribution in [-0.2, 0) is 9.59 Å². The first-order chi connectivity index (χ1) is 10.9. The van der Waals surface area contributed by atoms with Gasteiger partial charge in [0.25, 0.3) is 11.8 Å². The van der Waals surface area contributed by atoms with Crippen molar-refractivity contribution >= 4 is 57.9 Å². The predicted molar refractivity (Wildman–Crippen MR) is 88.1 cm³/mol. The van der Waals surface area contributed by atoms with E-state index in [0.717, 1.165) is 4.90 Å². The van der Waals surface area contributed by atoms with Crippen LogP contribution in [0.15, 0.2) is 47.5 Å². The number of rotatable bonds is 2. The molecule has 3 nitrogen and oxygen atoms in total. The highest BCUT2D eigenvalue weighted by molar-refractivity contribution is 6.60. The molecule has 0 radical (unpaired) electrons. The van der Waals surface area contributed by atoms with Gasteiger partial charge in [0.15, 0.2) is 0 Å². The molecule has 1 aliphatic rings. The predicted octanol–water partition coefficient (Wildman–Crippen LogP) is 4.66. The summed E-state index contributed by atoms with van der Waals surface area (Å²) in [5.74, 6) is -1.81. The SMILES string of the molecule is O=C1C(Cl)=C(c2ccc(F)cc2)C(=O)N1c1cc(Cl)ccc1Cl. The van der Waals surface area contributed by atoms with E-state index in [0.29, 0.717) is 10.6 Å². The van der Waals surface area contributed by atoms with Gasteiger partial charge in [-0.2, -0.15) is 0 Å². The normalized spacial score (nSPS) is 14.9. The molecule has 0 atom stereocenters. The first kappa shape index (κ1) is 16.0. The lowest BCUT2D eigenvalue weighted by molar-refractivity contribution is -0.119. The Balaban J connectivity index is 2.09. The van der Waals surface area contributed by atoms with Crippen molar-refractivity contribution in [3.63, 3.8) is 0 Å². The van der Waals surface area contributed by atoms with Crippen LogP contribution in [-0.4, -0.2) is 11.8 Å². The quantitative estimate of drug-likeness (QED) is 0.721. The van der Waals surface area contributed by atoms with Gasteiger partial charge in [0, 0.05) is 5.02 Å². The standard InChI is InChI=1S/C16H7Cl3FNO2/c17-9-3-6-11(18)12(7-9)21-15(22)13(14(19)16(21)23)8-1-4-10(20)5-2-8/h1-7H. The van der Waals surface area contributed by atoms with Gasteiger partial charge < -0.3 is 0 Å². The Kier molecular flexibility index (Phi) is 4.15. The molecule has 0 saturated heterocycles. The molecule has 0 aromatic heterocycles. The molecule has 0 N–H and O–H groups in total. The van der Waals surface area contributed by atoms with Crippen molar-refractivity contribution in [2.24, 2.45) is 0 Å². The highest BCUT2D eigenvalue weighted by Crippen LogP contribution is 2.38. The number of halogens is 4. The van der Waals surface area contributed by atoms with Crippen molar-refractivity contribution in [2.75, 3.05) is 4.90 Å². The van der Waals surface area contributed by atoms with E-state index in [9.17, 15) is 14.0 Å². The molecular formula is C16H7Cl3FNO2. The van der Waals surface area contributed by atoms with E-state index in [1.54, 1.807) is 0 Å². The van der Waals surface area contributed by atoms with E-state index in [1.165, 1.54) is 42.5 Å². The van der Waals surface area contributed by atoms with Gasteiger partial charge in [-0.25, -0.2) is 9.29 Å². The molecule has 23 heavy (non-hydrogen) atoms. The fourth-order valence-corrected chi connectivity index (χ4v) is 2.89. The summed E-state index contributed by atoms with van der Waals surface area (Å²) < 4.78 is 13.0. The van der Waals surface area contributed by atoms with E-state index >= 15 is 0 Å². The van der Waals surface area contributed by atoms with Gasteiger partial charge in [0.05, 0.1) is 16.3 Å². The van der Waals surface area contributed by atoms with Gasteiger partial charge in [-0.05, 0) is 35.9 Å². The fraction of sp³-hybridized carbons (Fsp3) is 0. The molecule has 0 saturated carbocycles. The highest BCUT2D eigenvalue weighted by Gasteiger charge is 2.40. The molecule has 0 unspecified atom stereocenters. The summed E-state index contributed by atoms with van der Waals surface area (Å²) in [6.07, 6.45) is 0. The first-order valence-electron chi connectivity index (χ1n) is 6.39. The molecule has 2 aromatic carbocycles. The summed E-state index contributed by atoms with van der Waals surface area (Å²) in [7, 11) is 0. The molecule has 1 aliphatic heterocycles. The van der Waals surface area contributed by atoms with Crippen LogP contribution in [0, 0.1) is 5.82 Å². The second-order valence-corrected chi connectivity index (χ2v) is 5.96. The van der Waals surface area contributed by atoms with Crippen molar-refractivity contribution in [1.82, 2.24) is 0 Å². The Morgan fingerprint density at radius 1 is 0.870 bits per heavy atom. The zero-order chi connectivity index (χ0) is 16.7. The van der Waals surface area contributed by atoms with Crippen LogP contribution in [0.4, 0.5) is 10.1 Å². The van der Waals surface area contributed by atoms with Gasteiger partial charge in [-0.3, -0.25) is 9.59 Å². The van der Waals surface area contributed by atoms with Crippen molar-refractivity contribution in [2.45, 2.75) is 0 Å². The number of nitrogens with zero attached hydrogens (tertiary/aromatic N) is 1. The van der Waals surface area contributed by atoms with E-state index in [2.05, 4.69) is 0 Å². The number of imide groups is 1. The molecule has 0 spiro atoms. The molecule has 7 heteroatoms. The lowest BCUT2D eigenvalue weighted by Gasteiger charge is -2.16. The van der Waals surface area contributed by atoms with Crippen molar-refractivity contribution in [3.8, 4) is 0 Å². The van der Waals surface area contributed by atoms with Gasteiger partial charge in [-0.15, -0.1) is 0 Å². The molecule has 2 aromatic rings.